The van der Waals surface area contributed by atoms with Crippen molar-refractivity contribution in [2.45, 2.75) is 39.5 Å². The quantitative estimate of drug-likeness (QED) is 0.132. The predicted octanol–water partition coefficient (Wildman–Crippen LogP) is 6.69. The summed E-state index contributed by atoms with van der Waals surface area (Å²) in [7, 11) is 0. The Bertz CT molecular complexity index is 1180. The molecule has 0 aliphatic rings. The van der Waals surface area contributed by atoms with E-state index < -0.39 is 0 Å². The van der Waals surface area contributed by atoms with Gasteiger partial charge in [-0.1, -0.05) is 128 Å². The van der Waals surface area contributed by atoms with Gasteiger partial charge >= 0.3 is 0 Å². The van der Waals surface area contributed by atoms with Gasteiger partial charge in [-0.2, -0.15) is 0 Å². The fraction of sp³-hybridized carbons (Fsp3) is 0.351. The number of benzene rings is 4. The molecule has 0 heterocycles. The Morgan fingerprint density at radius 3 is 1.15 bits per heavy atom. The van der Waals surface area contributed by atoms with Gasteiger partial charge in [-0.05, 0) is 35.2 Å². The Balaban J connectivity index is 1.37. The first kappa shape index (κ1) is 30.7. The summed E-state index contributed by atoms with van der Waals surface area (Å²) in [6, 6.07) is 43.4. The topological polar surface area (TPSA) is 21.8 Å². The van der Waals surface area contributed by atoms with Crippen molar-refractivity contribution in [3.05, 3.63) is 144 Å². The lowest BCUT2D eigenvalue weighted by atomic mass is 10.2. The van der Waals surface area contributed by atoms with Gasteiger partial charge in [0.15, 0.2) is 0 Å². The average molecular weight is 549 g/mol. The molecule has 0 unspecified atom stereocenters. The molecule has 0 spiro atoms. The van der Waals surface area contributed by atoms with Crippen molar-refractivity contribution in [3.8, 4) is 0 Å². The minimum absolute atomic E-state index is 0.912. The van der Waals surface area contributed by atoms with E-state index >= 15 is 0 Å². The van der Waals surface area contributed by atoms with Gasteiger partial charge in [0.1, 0.15) is 0 Å². The zero-order valence-corrected chi connectivity index (χ0v) is 24.9. The summed E-state index contributed by atoms with van der Waals surface area (Å²) in [4.78, 5) is 7.88. The second-order valence-corrected chi connectivity index (χ2v) is 10.9. The molecule has 4 aromatic carbocycles. The van der Waals surface area contributed by atoms with Crippen LogP contribution in [0.1, 0.15) is 35.6 Å². The van der Waals surface area contributed by atoms with Crippen LogP contribution in [0.5, 0.6) is 0 Å². The molecular formula is C37H48N4. The Labute approximate surface area is 248 Å². The molecule has 41 heavy (non-hydrogen) atoms. The molecule has 4 aromatic rings. The maximum Gasteiger partial charge on any atom is 0.0234 e. The fourth-order valence-corrected chi connectivity index (χ4v) is 5.28. The first-order valence-electron chi connectivity index (χ1n) is 15.3. The first-order valence-corrected chi connectivity index (χ1v) is 15.3. The van der Waals surface area contributed by atoms with Crippen LogP contribution in [0.3, 0.4) is 0 Å². The Morgan fingerprint density at radius 1 is 0.415 bits per heavy atom. The second kappa shape index (κ2) is 18.2. The van der Waals surface area contributed by atoms with Crippen LogP contribution in [0.15, 0.2) is 121 Å². The number of rotatable bonds is 19. The second-order valence-electron chi connectivity index (χ2n) is 10.9. The average Bonchev–Trinajstić information content (AvgIpc) is 3.02. The standard InChI is InChI=1S/C37H48N4/c1-2-24-39(31-35-17-9-4-10-18-35)26-28-41(33-37-21-13-6-14-22-37)29-27-40(32-36-19-11-5-12-20-36)25-23-38-30-34-15-7-3-8-16-34/h3-22,38H,2,23-33H2,1H3. The molecule has 0 aromatic heterocycles. The highest BCUT2D eigenvalue weighted by molar-refractivity contribution is 5.17. The minimum Gasteiger partial charge on any atom is -0.311 e. The molecule has 216 valence electrons. The Morgan fingerprint density at radius 2 is 0.756 bits per heavy atom. The van der Waals surface area contributed by atoms with E-state index in [1.807, 2.05) is 0 Å². The van der Waals surface area contributed by atoms with Crippen LogP contribution in [-0.2, 0) is 26.2 Å². The van der Waals surface area contributed by atoms with Crippen molar-refractivity contribution in [1.29, 1.82) is 0 Å². The highest BCUT2D eigenvalue weighted by Gasteiger charge is 2.13. The molecule has 0 saturated heterocycles. The van der Waals surface area contributed by atoms with Crippen molar-refractivity contribution in [3.63, 3.8) is 0 Å². The van der Waals surface area contributed by atoms with Crippen molar-refractivity contribution in [2.75, 3.05) is 45.8 Å². The van der Waals surface area contributed by atoms with Gasteiger partial charge in [0.25, 0.3) is 0 Å². The Kier molecular flexibility index (Phi) is 13.6. The molecule has 1 N–H and O–H groups in total. The van der Waals surface area contributed by atoms with E-state index in [4.69, 9.17) is 0 Å². The molecule has 4 nitrogen and oxygen atoms in total. The third kappa shape index (κ3) is 12.0. The maximum atomic E-state index is 3.66. The van der Waals surface area contributed by atoms with E-state index in [0.717, 1.165) is 72.0 Å². The van der Waals surface area contributed by atoms with Gasteiger partial charge in [0.2, 0.25) is 0 Å². The third-order valence-electron chi connectivity index (χ3n) is 7.53. The summed E-state index contributed by atoms with van der Waals surface area (Å²) in [5.74, 6) is 0. The van der Waals surface area contributed by atoms with E-state index in [-0.39, 0.29) is 0 Å². The van der Waals surface area contributed by atoms with E-state index in [2.05, 4.69) is 148 Å². The zero-order chi connectivity index (χ0) is 28.4. The molecule has 0 saturated carbocycles. The molecule has 4 rings (SSSR count). The van der Waals surface area contributed by atoms with Crippen LogP contribution in [0.2, 0.25) is 0 Å². The third-order valence-corrected chi connectivity index (χ3v) is 7.53. The molecule has 4 heteroatoms. The molecule has 0 amide bonds. The fourth-order valence-electron chi connectivity index (χ4n) is 5.28. The largest absolute Gasteiger partial charge is 0.311 e. The van der Waals surface area contributed by atoms with E-state index in [1.165, 1.54) is 28.7 Å². The monoisotopic (exact) mass is 548 g/mol. The van der Waals surface area contributed by atoms with Gasteiger partial charge in [0.05, 0.1) is 0 Å². The van der Waals surface area contributed by atoms with Crippen molar-refractivity contribution in [2.24, 2.45) is 0 Å². The molecular weight excluding hydrogens is 500 g/mol. The van der Waals surface area contributed by atoms with Crippen LogP contribution in [0.4, 0.5) is 0 Å². The highest BCUT2D eigenvalue weighted by atomic mass is 15.2. The minimum atomic E-state index is 0.912. The lowest BCUT2D eigenvalue weighted by Gasteiger charge is -2.30. The molecule has 0 radical (unpaired) electrons. The number of nitrogens with zero attached hydrogens (tertiary/aromatic N) is 3. The summed E-state index contributed by atoms with van der Waals surface area (Å²) in [6.45, 7) is 13.5. The van der Waals surface area contributed by atoms with Crippen LogP contribution < -0.4 is 5.32 Å². The summed E-state index contributed by atoms with van der Waals surface area (Å²) in [6.07, 6.45) is 1.17. The number of hydrogen-bond donors (Lipinski definition) is 1. The van der Waals surface area contributed by atoms with Crippen molar-refractivity contribution >= 4 is 0 Å². The number of nitrogens with one attached hydrogen (secondary N) is 1. The predicted molar refractivity (Wildman–Crippen MR) is 174 cm³/mol. The molecule has 0 bridgehead atoms. The van der Waals surface area contributed by atoms with E-state index in [9.17, 15) is 0 Å². The van der Waals surface area contributed by atoms with Crippen LogP contribution in [0, 0.1) is 0 Å². The van der Waals surface area contributed by atoms with Gasteiger partial charge in [-0.15, -0.1) is 0 Å². The van der Waals surface area contributed by atoms with Gasteiger partial charge < -0.3 is 5.32 Å². The smallest absolute Gasteiger partial charge is 0.0234 e. The highest BCUT2D eigenvalue weighted by Crippen LogP contribution is 2.10. The lowest BCUT2D eigenvalue weighted by Crippen LogP contribution is -2.41. The van der Waals surface area contributed by atoms with Crippen LogP contribution in [0.25, 0.3) is 0 Å². The zero-order valence-electron chi connectivity index (χ0n) is 24.9. The molecule has 0 aliphatic heterocycles. The van der Waals surface area contributed by atoms with Gasteiger partial charge in [-0.25, -0.2) is 0 Å². The van der Waals surface area contributed by atoms with Crippen molar-refractivity contribution < 1.29 is 0 Å². The lowest BCUT2D eigenvalue weighted by molar-refractivity contribution is 0.164. The first-order chi connectivity index (χ1) is 20.3. The van der Waals surface area contributed by atoms with E-state index in [1.54, 1.807) is 0 Å². The molecule has 0 fully saturated rings. The summed E-state index contributed by atoms with van der Waals surface area (Å²) in [5.41, 5.74) is 5.50. The summed E-state index contributed by atoms with van der Waals surface area (Å²) >= 11 is 0. The van der Waals surface area contributed by atoms with Crippen molar-refractivity contribution in [1.82, 2.24) is 20.0 Å². The van der Waals surface area contributed by atoms with Crippen LogP contribution >= 0.6 is 0 Å². The normalized spacial score (nSPS) is 11.5. The SMILES string of the molecule is CCCN(CCN(CCN(CCNCc1ccccc1)Cc1ccccc1)Cc1ccccc1)Cc1ccccc1. The number of hydrogen-bond acceptors (Lipinski definition) is 4. The molecule has 0 aliphatic carbocycles. The summed E-state index contributed by atoms with van der Waals surface area (Å²) < 4.78 is 0. The van der Waals surface area contributed by atoms with Gasteiger partial charge in [-0.3, -0.25) is 14.7 Å². The molecule has 0 atom stereocenters. The Hall–Kier alpha value is -3.28. The van der Waals surface area contributed by atoms with E-state index in [0.29, 0.717) is 0 Å². The summed E-state index contributed by atoms with van der Waals surface area (Å²) in [5, 5.41) is 3.66. The van der Waals surface area contributed by atoms with Crippen LogP contribution in [-0.4, -0.2) is 60.5 Å². The van der Waals surface area contributed by atoms with Gasteiger partial charge in [0, 0.05) is 65.4 Å². The maximum absolute atomic E-state index is 3.66.